The SMILES string of the molecule is CCCCCC/C=C\C=C/CCCCCCCC(=O)OC[C@H](COP(=O)(O)OC[C@@H](O)COP(=O)(O)OC[C@@H](COC(=O)CCCCCCCCCCC)OC(=O)CCCCCCCCCC(C)C)OC(=O)CCCCCCCCCCCCCCCCCC(C)C. The lowest BCUT2D eigenvalue weighted by Crippen LogP contribution is -2.30. The number of carbonyl (C=O) groups excluding carboxylic acids is 4. The van der Waals surface area contributed by atoms with Crippen molar-refractivity contribution in [1.29, 1.82) is 0 Å². The summed E-state index contributed by atoms with van der Waals surface area (Å²) in [6, 6.07) is 0. The molecule has 0 aromatic carbocycles. The molecule has 0 bridgehead atoms. The predicted molar refractivity (Wildman–Crippen MR) is 372 cm³/mol. The number of allylic oxidation sites excluding steroid dienone is 4. The van der Waals surface area contributed by atoms with Crippen LogP contribution in [0.5, 0.6) is 0 Å². The van der Waals surface area contributed by atoms with Gasteiger partial charge in [0, 0.05) is 25.7 Å². The molecule has 0 aliphatic carbocycles. The molecule has 0 aromatic heterocycles. The molecule has 0 amide bonds. The van der Waals surface area contributed by atoms with Gasteiger partial charge in [0.2, 0.25) is 0 Å². The number of rotatable bonds is 70. The summed E-state index contributed by atoms with van der Waals surface area (Å²) in [6.45, 7) is 9.45. The van der Waals surface area contributed by atoms with E-state index in [4.69, 9.17) is 37.0 Å². The predicted octanol–water partition coefficient (Wildman–Crippen LogP) is 20.7. The van der Waals surface area contributed by atoms with Crippen molar-refractivity contribution in [2.45, 2.75) is 368 Å². The summed E-state index contributed by atoms with van der Waals surface area (Å²) in [4.78, 5) is 72.6. The van der Waals surface area contributed by atoms with Gasteiger partial charge in [-0.1, -0.05) is 297 Å². The number of aliphatic hydroxyl groups is 1. The number of phosphoric ester groups is 2. The van der Waals surface area contributed by atoms with Crippen molar-refractivity contribution in [3.05, 3.63) is 24.3 Å². The second kappa shape index (κ2) is 64.5. The quantitative estimate of drug-likeness (QED) is 0.0169. The first-order valence-corrected chi connectivity index (χ1v) is 40.3. The Labute approximate surface area is 561 Å². The van der Waals surface area contributed by atoms with Crippen molar-refractivity contribution in [2.75, 3.05) is 39.6 Å². The van der Waals surface area contributed by atoms with Gasteiger partial charge in [-0.2, -0.15) is 0 Å². The topological polar surface area (TPSA) is 237 Å². The minimum Gasteiger partial charge on any atom is -0.462 e. The zero-order valence-corrected chi connectivity index (χ0v) is 61.1. The van der Waals surface area contributed by atoms with Crippen LogP contribution in [0.25, 0.3) is 0 Å². The summed E-state index contributed by atoms with van der Waals surface area (Å²) in [5, 5.41) is 10.6. The molecule has 0 aliphatic rings. The van der Waals surface area contributed by atoms with E-state index in [1.807, 2.05) is 0 Å². The van der Waals surface area contributed by atoms with Gasteiger partial charge in [0.1, 0.15) is 19.3 Å². The van der Waals surface area contributed by atoms with Gasteiger partial charge in [-0.15, -0.1) is 0 Å². The van der Waals surface area contributed by atoms with Gasteiger partial charge in [-0.25, -0.2) is 9.13 Å². The Morgan fingerprint density at radius 2 is 0.587 bits per heavy atom. The summed E-state index contributed by atoms with van der Waals surface area (Å²) in [5.74, 6) is -0.659. The maximum Gasteiger partial charge on any atom is 0.472 e. The van der Waals surface area contributed by atoms with E-state index in [1.165, 1.54) is 148 Å². The van der Waals surface area contributed by atoms with Gasteiger partial charge in [0.05, 0.1) is 26.4 Å². The number of unbranched alkanes of at least 4 members (excludes halogenated alkanes) is 37. The highest BCUT2D eigenvalue weighted by molar-refractivity contribution is 7.47. The van der Waals surface area contributed by atoms with Crippen LogP contribution in [0.2, 0.25) is 0 Å². The van der Waals surface area contributed by atoms with E-state index in [0.29, 0.717) is 31.6 Å². The highest BCUT2D eigenvalue weighted by Crippen LogP contribution is 2.45. The lowest BCUT2D eigenvalue weighted by molar-refractivity contribution is -0.161. The minimum atomic E-state index is -4.96. The number of ether oxygens (including phenoxy) is 4. The highest BCUT2D eigenvalue weighted by Gasteiger charge is 2.30. The summed E-state index contributed by atoms with van der Waals surface area (Å²) < 4.78 is 68.3. The molecule has 0 aliphatic heterocycles. The number of phosphoric acid groups is 2. The largest absolute Gasteiger partial charge is 0.472 e. The summed E-state index contributed by atoms with van der Waals surface area (Å²) >= 11 is 0. The van der Waals surface area contributed by atoms with E-state index in [1.54, 1.807) is 0 Å². The third kappa shape index (κ3) is 66.2. The third-order valence-corrected chi connectivity index (χ3v) is 18.2. The zero-order valence-electron chi connectivity index (χ0n) is 59.3. The van der Waals surface area contributed by atoms with Crippen LogP contribution in [0.1, 0.15) is 350 Å². The molecule has 0 spiro atoms. The Kier molecular flexibility index (Phi) is 62.8. The van der Waals surface area contributed by atoms with Gasteiger partial charge in [0.15, 0.2) is 12.2 Å². The van der Waals surface area contributed by atoms with Crippen molar-refractivity contribution >= 4 is 39.5 Å². The van der Waals surface area contributed by atoms with Crippen LogP contribution >= 0.6 is 15.6 Å². The van der Waals surface area contributed by atoms with Crippen molar-refractivity contribution in [3.8, 4) is 0 Å². The Bertz CT molecular complexity index is 1880. The second-order valence-corrected chi connectivity index (χ2v) is 29.5. The first kappa shape index (κ1) is 89.5. The molecule has 0 aromatic rings. The summed E-state index contributed by atoms with van der Waals surface area (Å²) in [5.41, 5.74) is 0. The molecular weight excluding hydrogens is 1210 g/mol. The highest BCUT2D eigenvalue weighted by atomic mass is 31.2. The van der Waals surface area contributed by atoms with Gasteiger partial charge < -0.3 is 33.8 Å². The lowest BCUT2D eigenvalue weighted by atomic mass is 10.0. The Hall–Kier alpha value is -2.46. The number of hydrogen-bond acceptors (Lipinski definition) is 15. The molecule has 2 unspecified atom stereocenters. The molecule has 0 fully saturated rings. The third-order valence-electron chi connectivity index (χ3n) is 16.3. The van der Waals surface area contributed by atoms with Crippen LogP contribution in [0.3, 0.4) is 0 Å². The summed E-state index contributed by atoms with van der Waals surface area (Å²) in [7, 11) is -9.91. The molecule has 5 atom stereocenters. The molecule has 0 saturated carbocycles. The Balaban J connectivity index is 5.25. The van der Waals surface area contributed by atoms with E-state index in [0.717, 1.165) is 115 Å². The van der Waals surface area contributed by atoms with E-state index in [-0.39, 0.29) is 25.7 Å². The van der Waals surface area contributed by atoms with E-state index < -0.39 is 97.5 Å². The normalized spacial score (nSPS) is 14.2. The van der Waals surface area contributed by atoms with Gasteiger partial charge in [-0.3, -0.25) is 37.3 Å². The van der Waals surface area contributed by atoms with Crippen molar-refractivity contribution in [2.24, 2.45) is 11.8 Å². The van der Waals surface area contributed by atoms with E-state index >= 15 is 0 Å². The van der Waals surface area contributed by atoms with Crippen molar-refractivity contribution in [3.63, 3.8) is 0 Å². The molecular formula is C73H138O17P2. The molecule has 3 N–H and O–H groups in total. The standard InChI is InChI=1S/C73H138O17P2/c1-7-9-11-13-15-17-18-19-21-25-28-32-38-44-50-56-71(76)84-61-68(89-72(77)57-51-45-39-33-29-26-23-20-22-24-27-31-35-41-47-53-65(3)4)63-87-91(79,80)85-59-67(74)60-86-92(81,82)88-64-69(62-83-70(75)55-49-43-37-30-16-14-12-10-8-2)90-73(78)58-52-46-40-34-36-42-48-54-66(5)6/h17-19,21,65-69,74H,7-16,20,22-64H2,1-6H3,(H,79,80)(H,81,82)/b18-17-,21-19-/t67-,68-,69-/m1/s1. The Morgan fingerprint density at radius 3 is 0.891 bits per heavy atom. The van der Waals surface area contributed by atoms with Crippen LogP contribution in [0.15, 0.2) is 24.3 Å². The average Bonchev–Trinajstić information content (AvgIpc) is 1.88. The van der Waals surface area contributed by atoms with Crippen LogP contribution in [0, 0.1) is 11.8 Å². The minimum absolute atomic E-state index is 0.101. The molecule has 92 heavy (non-hydrogen) atoms. The maximum atomic E-state index is 13.0. The van der Waals surface area contributed by atoms with Gasteiger partial charge in [-0.05, 0) is 63.2 Å². The molecule has 0 rings (SSSR count). The van der Waals surface area contributed by atoms with Crippen molar-refractivity contribution < 1.29 is 80.2 Å². The molecule has 0 heterocycles. The summed E-state index contributed by atoms with van der Waals surface area (Å²) in [6.07, 6.45) is 53.7. The first-order chi connectivity index (χ1) is 44.4. The van der Waals surface area contributed by atoms with Crippen LogP contribution in [-0.4, -0.2) is 96.7 Å². The Morgan fingerprint density at radius 1 is 0.337 bits per heavy atom. The average molecular weight is 1350 g/mol. The number of hydrogen-bond donors (Lipinski definition) is 3. The monoisotopic (exact) mass is 1350 g/mol. The number of carbonyl (C=O) groups is 4. The van der Waals surface area contributed by atoms with Crippen LogP contribution < -0.4 is 0 Å². The zero-order chi connectivity index (χ0) is 67.9. The van der Waals surface area contributed by atoms with Gasteiger partial charge >= 0.3 is 39.5 Å². The molecule has 19 heteroatoms. The van der Waals surface area contributed by atoms with E-state index in [9.17, 15) is 43.2 Å². The fraction of sp³-hybridized carbons (Fsp3) is 0.890. The van der Waals surface area contributed by atoms with Crippen LogP contribution in [-0.2, 0) is 65.4 Å². The first-order valence-electron chi connectivity index (χ1n) is 37.3. The number of esters is 4. The van der Waals surface area contributed by atoms with Gasteiger partial charge in [0.25, 0.3) is 0 Å². The smallest absolute Gasteiger partial charge is 0.462 e. The second-order valence-electron chi connectivity index (χ2n) is 26.6. The van der Waals surface area contributed by atoms with Crippen LogP contribution in [0.4, 0.5) is 0 Å². The van der Waals surface area contributed by atoms with Crippen molar-refractivity contribution in [1.82, 2.24) is 0 Å². The maximum absolute atomic E-state index is 13.0. The molecule has 0 saturated heterocycles. The fourth-order valence-corrected chi connectivity index (χ4v) is 12.2. The fourth-order valence-electron chi connectivity index (χ4n) is 10.6. The molecule has 542 valence electrons. The van der Waals surface area contributed by atoms with E-state index in [2.05, 4.69) is 65.8 Å². The number of aliphatic hydroxyl groups excluding tert-OH is 1. The molecule has 0 radical (unpaired) electrons. The molecule has 17 nitrogen and oxygen atoms in total. The lowest BCUT2D eigenvalue weighted by Gasteiger charge is -2.21.